The molecule has 1 unspecified atom stereocenters. The molecule has 3 N–H and O–H groups in total. The Hall–Kier alpha value is -1.62. The fourth-order valence-corrected chi connectivity index (χ4v) is 1.62. The lowest BCUT2D eigenvalue weighted by Crippen LogP contribution is -2.38. The highest BCUT2D eigenvalue weighted by Crippen LogP contribution is 2.06. The first-order valence-electron chi connectivity index (χ1n) is 5.62. The van der Waals surface area contributed by atoms with Crippen molar-refractivity contribution in [1.82, 2.24) is 10.3 Å². The fraction of sp³-hybridized carbons (Fsp3) is 0.500. The van der Waals surface area contributed by atoms with Gasteiger partial charge in [0.2, 0.25) is 0 Å². The first-order valence-corrected chi connectivity index (χ1v) is 5.62. The molecule has 0 saturated carbocycles. The van der Waals surface area contributed by atoms with Gasteiger partial charge in [0.05, 0.1) is 18.3 Å². The molecular formula is C12H18N2O3. The van der Waals surface area contributed by atoms with Crippen LogP contribution in [0.2, 0.25) is 0 Å². The molecule has 1 aromatic rings. The molecule has 0 spiro atoms. The van der Waals surface area contributed by atoms with Crippen LogP contribution in [0.25, 0.3) is 0 Å². The summed E-state index contributed by atoms with van der Waals surface area (Å²) < 4.78 is 0. The minimum atomic E-state index is -0.308. The Morgan fingerprint density at radius 1 is 1.53 bits per heavy atom. The van der Waals surface area contributed by atoms with Crippen molar-refractivity contribution in [2.24, 2.45) is 5.92 Å². The number of rotatable bonds is 6. The monoisotopic (exact) mass is 238 g/mol. The molecule has 0 saturated heterocycles. The Labute approximate surface area is 100 Å². The topological polar surface area (TPSA) is 82.2 Å². The highest BCUT2D eigenvalue weighted by molar-refractivity contribution is 5.93. The van der Waals surface area contributed by atoms with Crippen LogP contribution in [0, 0.1) is 5.92 Å². The van der Waals surface area contributed by atoms with Crippen LogP contribution < -0.4 is 5.32 Å². The van der Waals surface area contributed by atoms with E-state index in [-0.39, 0.29) is 18.6 Å². The predicted molar refractivity (Wildman–Crippen MR) is 64.0 cm³/mol. The van der Waals surface area contributed by atoms with Gasteiger partial charge >= 0.3 is 0 Å². The second kappa shape index (κ2) is 6.20. The Morgan fingerprint density at radius 3 is 2.71 bits per heavy atom. The van der Waals surface area contributed by atoms with Gasteiger partial charge in [-0.05, 0) is 24.5 Å². The first kappa shape index (κ1) is 13.4. The van der Waals surface area contributed by atoms with Crippen LogP contribution >= 0.6 is 0 Å². The van der Waals surface area contributed by atoms with E-state index in [1.807, 2.05) is 13.8 Å². The van der Waals surface area contributed by atoms with E-state index < -0.39 is 0 Å². The lowest BCUT2D eigenvalue weighted by molar-refractivity contribution is 0.0904. The largest absolute Gasteiger partial charge is 0.394 e. The first-order chi connectivity index (χ1) is 8.06. The second-order valence-electron chi connectivity index (χ2n) is 4.43. The molecule has 94 valence electrons. The van der Waals surface area contributed by atoms with E-state index in [1.54, 1.807) is 6.07 Å². The van der Waals surface area contributed by atoms with Crippen molar-refractivity contribution < 1.29 is 14.7 Å². The number of aromatic nitrogens is 1. The minimum absolute atomic E-state index is 0.0921. The average Bonchev–Trinajstić information content (AvgIpc) is 2.75. The lowest BCUT2D eigenvalue weighted by atomic mass is 10.0. The maximum atomic E-state index is 11.8. The number of H-pyrrole nitrogens is 1. The molecule has 0 aliphatic rings. The number of aliphatic hydroxyl groups is 1. The van der Waals surface area contributed by atoms with E-state index in [0.717, 1.165) is 0 Å². The van der Waals surface area contributed by atoms with Crippen molar-refractivity contribution in [3.05, 3.63) is 23.5 Å². The van der Waals surface area contributed by atoms with Crippen molar-refractivity contribution in [2.75, 3.05) is 6.61 Å². The number of hydrogen-bond donors (Lipinski definition) is 3. The Kier molecular flexibility index (Phi) is 4.90. The van der Waals surface area contributed by atoms with Gasteiger partial charge in [-0.15, -0.1) is 0 Å². The average molecular weight is 238 g/mol. The standard InChI is InChI=1S/C12H18N2O3/c1-8(2)5-10(7-16)14-12(17)11-4-3-9(6-15)13-11/h3-4,6,8,10,13,16H,5,7H2,1-2H3,(H,14,17). The number of hydrogen-bond acceptors (Lipinski definition) is 3. The van der Waals surface area contributed by atoms with Gasteiger partial charge in [0.25, 0.3) is 5.91 Å². The summed E-state index contributed by atoms with van der Waals surface area (Å²) >= 11 is 0. The summed E-state index contributed by atoms with van der Waals surface area (Å²) in [4.78, 5) is 24.9. The number of carbonyl (C=O) groups excluding carboxylic acids is 2. The molecule has 1 heterocycles. The zero-order valence-corrected chi connectivity index (χ0v) is 10.1. The van der Waals surface area contributed by atoms with E-state index in [4.69, 9.17) is 5.11 Å². The summed E-state index contributed by atoms with van der Waals surface area (Å²) in [5.74, 6) is 0.0828. The molecule has 0 aliphatic heterocycles. The van der Waals surface area contributed by atoms with Gasteiger partial charge in [0, 0.05) is 0 Å². The summed E-state index contributed by atoms with van der Waals surface area (Å²) in [5.41, 5.74) is 0.689. The summed E-state index contributed by atoms with van der Waals surface area (Å²) in [5, 5.41) is 11.9. The predicted octanol–water partition coefficient (Wildman–Crippen LogP) is 0.964. The molecule has 5 heteroatoms. The second-order valence-corrected chi connectivity index (χ2v) is 4.43. The summed E-state index contributed by atoms with van der Waals surface area (Å²) in [6.07, 6.45) is 1.36. The van der Waals surface area contributed by atoms with Crippen LogP contribution in [-0.4, -0.2) is 34.9 Å². The maximum absolute atomic E-state index is 11.8. The van der Waals surface area contributed by atoms with Crippen molar-refractivity contribution in [3.8, 4) is 0 Å². The van der Waals surface area contributed by atoms with Crippen LogP contribution in [0.4, 0.5) is 0 Å². The highest BCUT2D eigenvalue weighted by Gasteiger charge is 2.15. The number of carbonyl (C=O) groups is 2. The van der Waals surface area contributed by atoms with Crippen molar-refractivity contribution >= 4 is 12.2 Å². The molecule has 0 aromatic carbocycles. The Balaban J connectivity index is 2.60. The molecule has 0 radical (unpaired) electrons. The van der Waals surface area contributed by atoms with E-state index >= 15 is 0 Å². The van der Waals surface area contributed by atoms with Crippen LogP contribution in [0.15, 0.2) is 12.1 Å². The van der Waals surface area contributed by atoms with E-state index in [0.29, 0.717) is 30.0 Å². The number of aliphatic hydroxyl groups excluding tert-OH is 1. The van der Waals surface area contributed by atoms with Gasteiger partial charge in [-0.25, -0.2) is 0 Å². The third kappa shape index (κ3) is 4.03. The number of amides is 1. The minimum Gasteiger partial charge on any atom is -0.394 e. The fourth-order valence-electron chi connectivity index (χ4n) is 1.62. The molecule has 1 atom stereocenters. The number of aromatic amines is 1. The van der Waals surface area contributed by atoms with Gasteiger partial charge in [-0.1, -0.05) is 13.8 Å². The molecule has 17 heavy (non-hydrogen) atoms. The Morgan fingerprint density at radius 2 is 2.24 bits per heavy atom. The van der Waals surface area contributed by atoms with E-state index in [9.17, 15) is 9.59 Å². The lowest BCUT2D eigenvalue weighted by Gasteiger charge is -2.17. The molecule has 1 rings (SSSR count). The molecular weight excluding hydrogens is 220 g/mol. The van der Waals surface area contributed by atoms with Crippen molar-refractivity contribution in [1.29, 1.82) is 0 Å². The zero-order valence-electron chi connectivity index (χ0n) is 10.1. The van der Waals surface area contributed by atoms with Gasteiger partial charge in [0.15, 0.2) is 6.29 Å². The molecule has 5 nitrogen and oxygen atoms in total. The zero-order chi connectivity index (χ0) is 12.8. The SMILES string of the molecule is CC(C)CC(CO)NC(=O)c1ccc(C=O)[nH]1. The highest BCUT2D eigenvalue weighted by atomic mass is 16.3. The van der Waals surface area contributed by atoms with Gasteiger partial charge in [-0.2, -0.15) is 0 Å². The normalized spacial score (nSPS) is 12.5. The van der Waals surface area contributed by atoms with Crippen LogP contribution in [0.5, 0.6) is 0 Å². The Bertz CT molecular complexity index is 385. The molecule has 0 fully saturated rings. The van der Waals surface area contributed by atoms with Gasteiger partial charge in [0.1, 0.15) is 5.69 Å². The van der Waals surface area contributed by atoms with Crippen molar-refractivity contribution in [2.45, 2.75) is 26.3 Å². The molecule has 0 aliphatic carbocycles. The van der Waals surface area contributed by atoms with E-state index in [2.05, 4.69) is 10.3 Å². The summed E-state index contributed by atoms with van der Waals surface area (Å²) in [6.45, 7) is 3.95. The van der Waals surface area contributed by atoms with Crippen LogP contribution in [0.1, 0.15) is 41.2 Å². The van der Waals surface area contributed by atoms with Crippen LogP contribution in [-0.2, 0) is 0 Å². The quantitative estimate of drug-likeness (QED) is 0.646. The van der Waals surface area contributed by atoms with E-state index in [1.165, 1.54) is 6.07 Å². The van der Waals surface area contributed by atoms with Crippen LogP contribution in [0.3, 0.4) is 0 Å². The smallest absolute Gasteiger partial charge is 0.268 e. The van der Waals surface area contributed by atoms with Gasteiger partial charge < -0.3 is 15.4 Å². The molecule has 1 aromatic heterocycles. The maximum Gasteiger partial charge on any atom is 0.268 e. The summed E-state index contributed by atoms with van der Waals surface area (Å²) in [6, 6.07) is 2.83. The summed E-state index contributed by atoms with van der Waals surface area (Å²) in [7, 11) is 0. The molecule has 1 amide bonds. The third-order valence-corrected chi connectivity index (χ3v) is 2.39. The third-order valence-electron chi connectivity index (χ3n) is 2.39. The number of nitrogens with one attached hydrogen (secondary N) is 2. The van der Waals surface area contributed by atoms with Crippen molar-refractivity contribution in [3.63, 3.8) is 0 Å². The number of aldehydes is 1. The molecule has 0 bridgehead atoms. The van der Waals surface area contributed by atoms with Gasteiger partial charge in [-0.3, -0.25) is 9.59 Å².